The molecule has 0 amide bonds. The van der Waals surface area contributed by atoms with Crippen molar-refractivity contribution in [3.8, 4) is 5.75 Å². The van der Waals surface area contributed by atoms with E-state index < -0.39 is 12.2 Å². The zero-order valence-corrected chi connectivity index (χ0v) is 9.46. The van der Waals surface area contributed by atoms with Gasteiger partial charge in [0.2, 0.25) is 0 Å². The summed E-state index contributed by atoms with van der Waals surface area (Å²) < 4.78 is 28.7. The molecule has 5 heteroatoms. The summed E-state index contributed by atoms with van der Waals surface area (Å²) in [5, 5.41) is 0. The molecular formula is C11H15F2NO2. The Balaban J connectivity index is 3.07. The molecule has 1 rings (SSSR count). The van der Waals surface area contributed by atoms with Gasteiger partial charge >= 0.3 is 6.61 Å². The summed E-state index contributed by atoms with van der Waals surface area (Å²) in [4.78, 5) is 4.78. The Bertz CT molecular complexity index is 367. The largest absolute Gasteiger partial charge is 0.435 e. The van der Waals surface area contributed by atoms with Gasteiger partial charge in [-0.3, -0.25) is 4.84 Å². The molecule has 0 saturated carbocycles. The topological polar surface area (TPSA) is 44.5 Å². The average Bonchev–Trinajstić information content (AvgIpc) is 2.20. The first-order chi connectivity index (χ1) is 7.36. The van der Waals surface area contributed by atoms with E-state index >= 15 is 0 Å². The van der Waals surface area contributed by atoms with Crippen LogP contribution in [0.15, 0.2) is 18.2 Å². The average molecular weight is 231 g/mol. The fourth-order valence-corrected chi connectivity index (χ4v) is 1.27. The molecule has 0 atom stereocenters. The number of alkyl halides is 2. The maximum Gasteiger partial charge on any atom is 0.387 e. The zero-order chi connectivity index (χ0) is 12.3. The Labute approximate surface area is 93.1 Å². The van der Waals surface area contributed by atoms with E-state index in [9.17, 15) is 8.78 Å². The molecule has 0 aliphatic heterocycles. The van der Waals surface area contributed by atoms with Crippen LogP contribution in [0.5, 0.6) is 5.75 Å². The van der Waals surface area contributed by atoms with E-state index in [0.717, 1.165) is 0 Å². The molecule has 0 heterocycles. The van der Waals surface area contributed by atoms with Crippen LogP contribution in [0, 0.1) is 6.92 Å². The smallest absolute Gasteiger partial charge is 0.387 e. The number of rotatable bonds is 4. The van der Waals surface area contributed by atoms with Gasteiger partial charge in [-0.25, -0.2) is 5.90 Å². The highest BCUT2D eigenvalue weighted by atomic mass is 19.3. The van der Waals surface area contributed by atoms with Crippen molar-refractivity contribution in [2.45, 2.75) is 33.0 Å². The normalized spacial score (nSPS) is 11.9. The molecular weight excluding hydrogens is 216 g/mol. The van der Waals surface area contributed by atoms with Crippen molar-refractivity contribution in [3.63, 3.8) is 0 Å². The first-order valence-electron chi connectivity index (χ1n) is 4.80. The lowest BCUT2D eigenvalue weighted by Gasteiger charge is -2.23. The Morgan fingerprint density at radius 1 is 1.31 bits per heavy atom. The lowest BCUT2D eigenvalue weighted by atomic mass is 9.97. The lowest BCUT2D eigenvalue weighted by Crippen LogP contribution is -2.25. The first-order valence-corrected chi connectivity index (χ1v) is 4.80. The monoisotopic (exact) mass is 231 g/mol. The van der Waals surface area contributed by atoms with Gasteiger partial charge in [0.1, 0.15) is 11.4 Å². The Hall–Kier alpha value is -1.20. The fourth-order valence-electron chi connectivity index (χ4n) is 1.27. The van der Waals surface area contributed by atoms with Crippen molar-refractivity contribution in [3.05, 3.63) is 29.3 Å². The van der Waals surface area contributed by atoms with E-state index in [1.807, 2.05) is 0 Å². The summed E-state index contributed by atoms with van der Waals surface area (Å²) in [7, 11) is 0. The molecule has 90 valence electrons. The number of hydrogen-bond acceptors (Lipinski definition) is 3. The quantitative estimate of drug-likeness (QED) is 0.810. The molecule has 0 aliphatic carbocycles. The van der Waals surface area contributed by atoms with Crippen molar-refractivity contribution in [1.29, 1.82) is 0 Å². The maximum atomic E-state index is 12.1. The minimum atomic E-state index is -2.84. The van der Waals surface area contributed by atoms with Crippen LogP contribution in [0.2, 0.25) is 0 Å². The molecule has 16 heavy (non-hydrogen) atoms. The lowest BCUT2D eigenvalue weighted by molar-refractivity contribution is -0.0513. The van der Waals surface area contributed by atoms with Crippen LogP contribution in [0.4, 0.5) is 8.78 Å². The summed E-state index contributed by atoms with van der Waals surface area (Å²) in [6.07, 6.45) is 0. The molecule has 0 saturated heterocycles. The number of halogens is 2. The molecule has 1 aromatic carbocycles. The van der Waals surface area contributed by atoms with Crippen LogP contribution < -0.4 is 10.6 Å². The molecule has 0 fully saturated rings. The van der Waals surface area contributed by atoms with Crippen LogP contribution in [0.3, 0.4) is 0 Å². The van der Waals surface area contributed by atoms with Crippen LogP contribution in [-0.2, 0) is 10.4 Å². The van der Waals surface area contributed by atoms with E-state index in [4.69, 9.17) is 10.7 Å². The van der Waals surface area contributed by atoms with E-state index in [1.54, 1.807) is 32.9 Å². The molecule has 0 spiro atoms. The van der Waals surface area contributed by atoms with E-state index in [1.165, 1.54) is 6.07 Å². The van der Waals surface area contributed by atoms with Crippen LogP contribution in [0.25, 0.3) is 0 Å². The van der Waals surface area contributed by atoms with Crippen molar-refractivity contribution in [2.24, 2.45) is 5.90 Å². The van der Waals surface area contributed by atoms with E-state index in [0.29, 0.717) is 11.1 Å². The minimum Gasteiger partial charge on any atom is -0.435 e. The second kappa shape index (κ2) is 4.76. The molecule has 0 unspecified atom stereocenters. The number of ether oxygens (including phenoxy) is 1. The van der Waals surface area contributed by atoms with Gasteiger partial charge in [0.25, 0.3) is 0 Å². The Morgan fingerprint density at radius 2 is 1.94 bits per heavy atom. The molecule has 0 radical (unpaired) electrons. The standard InChI is InChI=1S/C11H15F2NO2/c1-7-4-5-8(11(2,3)16-14)6-9(7)15-10(12)13/h4-6,10H,14H2,1-3H3. The second-order valence-electron chi connectivity index (χ2n) is 3.99. The van der Waals surface area contributed by atoms with Crippen molar-refractivity contribution in [2.75, 3.05) is 0 Å². The highest BCUT2D eigenvalue weighted by Gasteiger charge is 2.22. The highest BCUT2D eigenvalue weighted by molar-refractivity contribution is 5.38. The van der Waals surface area contributed by atoms with Crippen LogP contribution in [0.1, 0.15) is 25.0 Å². The third kappa shape index (κ3) is 2.90. The van der Waals surface area contributed by atoms with E-state index in [-0.39, 0.29) is 5.75 Å². The molecule has 3 nitrogen and oxygen atoms in total. The SMILES string of the molecule is Cc1ccc(C(C)(C)ON)cc1OC(F)F. The molecule has 1 aromatic rings. The summed E-state index contributed by atoms with van der Waals surface area (Å²) in [5.74, 6) is 5.28. The second-order valence-corrected chi connectivity index (χ2v) is 3.99. The van der Waals surface area contributed by atoms with E-state index in [2.05, 4.69) is 4.74 Å². The summed E-state index contributed by atoms with van der Waals surface area (Å²) in [6.45, 7) is 2.33. The van der Waals surface area contributed by atoms with Gasteiger partial charge in [-0.2, -0.15) is 8.78 Å². The van der Waals surface area contributed by atoms with Crippen molar-refractivity contribution in [1.82, 2.24) is 0 Å². The molecule has 0 aliphatic rings. The first kappa shape index (κ1) is 12.9. The third-order valence-corrected chi connectivity index (χ3v) is 2.39. The van der Waals surface area contributed by atoms with Crippen molar-refractivity contribution < 1.29 is 18.4 Å². The third-order valence-electron chi connectivity index (χ3n) is 2.39. The van der Waals surface area contributed by atoms with Gasteiger partial charge in [0, 0.05) is 0 Å². The molecule has 2 N–H and O–H groups in total. The maximum absolute atomic E-state index is 12.1. The molecule has 0 bridgehead atoms. The van der Waals surface area contributed by atoms with Gasteiger partial charge in [-0.15, -0.1) is 0 Å². The summed E-state index contributed by atoms with van der Waals surface area (Å²) in [6, 6.07) is 4.96. The van der Waals surface area contributed by atoms with Gasteiger partial charge in [0.15, 0.2) is 0 Å². The van der Waals surface area contributed by atoms with Crippen molar-refractivity contribution >= 4 is 0 Å². The summed E-state index contributed by atoms with van der Waals surface area (Å²) in [5.41, 5.74) is 0.571. The minimum absolute atomic E-state index is 0.137. The predicted molar refractivity (Wildman–Crippen MR) is 56.1 cm³/mol. The van der Waals surface area contributed by atoms with Gasteiger partial charge in [-0.05, 0) is 38.0 Å². The van der Waals surface area contributed by atoms with Gasteiger partial charge in [-0.1, -0.05) is 12.1 Å². The Morgan fingerprint density at radius 3 is 2.44 bits per heavy atom. The Kier molecular flexibility index (Phi) is 3.83. The summed E-state index contributed by atoms with van der Waals surface area (Å²) >= 11 is 0. The van der Waals surface area contributed by atoms with Crippen LogP contribution >= 0.6 is 0 Å². The number of hydrogen-bond donors (Lipinski definition) is 1. The predicted octanol–water partition coefficient (Wildman–Crippen LogP) is 2.72. The van der Waals surface area contributed by atoms with Crippen LogP contribution in [-0.4, -0.2) is 6.61 Å². The highest BCUT2D eigenvalue weighted by Crippen LogP contribution is 2.29. The number of benzene rings is 1. The fraction of sp³-hybridized carbons (Fsp3) is 0.455. The molecule has 0 aromatic heterocycles. The number of nitrogens with two attached hydrogens (primary N) is 1. The van der Waals surface area contributed by atoms with Gasteiger partial charge in [0.05, 0.1) is 0 Å². The van der Waals surface area contributed by atoms with Gasteiger partial charge < -0.3 is 4.74 Å². The zero-order valence-electron chi connectivity index (χ0n) is 9.46. The number of aryl methyl sites for hydroxylation is 1.